The Morgan fingerprint density at radius 3 is 2.65 bits per heavy atom. The van der Waals surface area contributed by atoms with Crippen LogP contribution >= 0.6 is 0 Å². The molecule has 10 nitrogen and oxygen atoms in total. The number of hydrogen-bond acceptors (Lipinski definition) is 7. The Morgan fingerprint density at radius 1 is 1.32 bits per heavy atom. The highest BCUT2D eigenvalue weighted by Crippen LogP contribution is 2.18. The maximum absolute atomic E-state index is 13.7. The predicted molar refractivity (Wildman–Crippen MR) is 117 cm³/mol. The molecule has 31 heavy (non-hydrogen) atoms. The summed E-state index contributed by atoms with van der Waals surface area (Å²) in [5.41, 5.74) is -0.151. The Labute approximate surface area is 178 Å². The maximum Gasteiger partial charge on any atom is 0.413 e. The third-order valence-corrected chi connectivity index (χ3v) is 3.69. The van der Waals surface area contributed by atoms with Crippen LogP contribution in [0.25, 0.3) is 0 Å². The lowest BCUT2D eigenvalue weighted by atomic mass is 10.1. The summed E-state index contributed by atoms with van der Waals surface area (Å²) in [6, 6.07) is 8.90. The smallest absolute Gasteiger partial charge is 0.413 e. The number of ether oxygens (including phenoxy) is 1. The van der Waals surface area contributed by atoms with E-state index < -0.39 is 23.6 Å². The number of amides is 1. The van der Waals surface area contributed by atoms with E-state index >= 15 is 0 Å². The van der Waals surface area contributed by atoms with Gasteiger partial charge < -0.3 is 20.7 Å². The number of alkyl carbamates (subject to hydrolysis) is 1. The van der Waals surface area contributed by atoms with E-state index in [1.807, 2.05) is 0 Å². The van der Waals surface area contributed by atoms with Gasteiger partial charge >= 0.3 is 6.09 Å². The van der Waals surface area contributed by atoms with Crippen molar-refractivity contribution in [3.8, 4) is 0 Å². The highest BCUT2D eigenvalue weighted by Gasteiger charge is 2.21. The highest BCUT2D eigenvalue weighted by atomic mass is 19.1. The SMILES string of the molecule is CC(C)(C)OC(=O)NC(=NC=N)c1ccc(C(O)C(C=Nc2ccccc2F)=NN)[nH]1. The molecular weight excluding hydrogens is 405 g/mol. The van der Waals surface area contributed by atoms with Gasteiger partial charge in [0.2, 0.25) is 0 Å². The van der Waals surface area contributed by atoms with Gasteiger partial charge in [-0.3, -0.25) is 15.7 Å². The number of para-hydroxylation sites is 1. The zero-order valence-corrected chi connectivity index (χ0v) is 17.3. The van der Waals surface area contributed by atoms with Crippen LogP contribution in [0.5, 0.6) is 0 Å². The Bertz CT molecular complexity index is 1020. The van der Waals surface area contributed by atoms with Crippen molar-refractivity contribution in [3.63, 3.8) is 0 Å². The van der Waals surface area contributed by atoms with Crippen LogP contribution in [0.1, 0.15) is 38.3 Å². The number of hydrogen-bond donors (Lipinski definition) is 5. The molecule has 0 aliphatic carbocycles. The average molecular weight is 429 g/mol. The Kier molecular flexibility index (Phi) is 7.75. The number of carbonyl (C=O) groups is 1. The van der Waals surface area contributed by atoms with Gasteiger partial charge in [0.1, 0.15) is 29.6 Å². The van der Waals surface area contributed by atoms with Crippen LogP contribution in [-0.2, 0) is 4.74 Å². The second-order valence-corrected chi connectivity index (χ2v) is 7.23. The number of aromatic amines is 1. The van der Waals surface area contributed by atoms with Crippen LogP contribution in [0.2, 0.25) is 0 Å². The number of carbonyl (C=O) groups excluding carboxylic acids is 1. The lowest BCUT2D eigenvalue weighted by Crippen LogP contribution is -2.37. The second kappa shape index (κ2) is 10.3. The maximum atomic E-state index is 13.7. The summed E-state index contributed by atoms with van der Waals surface area (Å²) in [7, 11) is 0. The molecular formula is C20H24FN7O3. The van der Waals surface area contributed by atoms with Crippen molar-refractivity contribution in [2.24, 2.45) is 20.9 Å². The third kappa shape index (κ3) is 6.85. The molecule has 0 aliphatic heterocycles. The van der Waals surface area contributed by atoms with Gasteiger partial charge in [0.05, 0.1) is 23.3 Å². The Morgan fingerprint density at radius 2 is 2.03 bits per heavy atom. The van der Waals surface area contributed by atoms with E-state index in [1.165, 1.54) is 30.3 Å². The van der Waals surface area contributed by atoms with Gasteiger partial charge in [0.25, 0.3) is 0 Å². The third-order valence-electron chi connectivity index (χ3n) is 3.69. The van der Waals surface area contributed by atoms with Gasteiger partial charge in [-0.2, -0.15) is 5.10 Å². The number of aliphatic imine (C=N–C) groups is 2. The molecule has 2 rings (SSSR count). The molecule has 0 spiro atoms. The quantitative estimate of drug-likeness (QED) is 0.207. The average Bonchev–Trinajstić information content (AvgIpc) is 3.18. The summed E-state index contributed by atoms with van der Waals surface area (Å²) in [6.45, 7) is 5.12. The number of amidine groups is 1. The number of aliphatic hydroxyl groups excluding tert-OH is 1. The molecule has 1 amide bonds. The monoisotopic (exact) mass is 429 g/mol. The van der Waals surface area contributed by atoms with Gasteiger partial charge in [-0.25, -0.2) is 14.2 Å². The molecule has 1 heterocycles. The Hall–Kier alpha value is -3.86. The molecule has 1 aromatic carbocycles. The first kappa shape index (κ1) is 23.4. The van der Waals surface area contributed by atoms with E-state index in [1.54, 1.807) is 26.8 Å². The fourth-order valence-electron chi connectivity index (χ4n) is 2.37. The van der Waals surface area contributed by atoms with Gasteiger partial charge in [-0.05, 0) is 45.0 Å². The lowest BCUT2D eigenvalue weighted by Gasteiger charge is -2.19. The van der Waals surface area contributed by atoms with Crippen molar-refractivity contribution in [2.45, 2.75) is 32.5 Å². The number of benzene rings is 1. The molecule has 0 fully saturated rings. The summed E-state index contributed by atoms with van der Waals surface area (Å²) >= 11 is 0. The van der Waals surface area contributed by atoms with Crippen molar-refractivity contribution < 1.29 is 19.0 Å². The van der Waals surface area contributed by atoms with Crippen molar-refractivity contribution >= 4 is 35.9 Å². The van der Waals surface area contributed by atoms with Crippen LogP contribution in [0.15, 0.2) is 51.5 Å². The summed E-state index contributed by atoms with van der Waals surface area (Å²) in [4.78, 5) is 22.6. The number of hydrazone groups is 1. The molecule has 11 heteroatoms. The van der Waals surface area contributed by atoms with E-state index in [2.05, 4.69) is 25.4 Å². The van der Waals surface area contributed by atoms with Crippen LogP contribution in [0.3, 0.4) is 0 Å². The zero-order valence-electron chi connectivity index (χ0n) is 17.3. The van der Waals surface area contributed by atoms with Crippen LogP contribution in [-0.4, -0.2) is 45.9 Å². The van der Waals surface area contributed by atoms with Crippen LogP contribution in [0.4, 0.5) is 14.9 Å². The van der Waals surface area contributed by atoms with Gasteiger partial charge in [-0.1, -0.05) is 12.1 Å². The molecule has 0 bridgehead atoms. The van der Waals surface area contributed by atoms with E-state index in [-0.39, 0.29) is 22.9 Å². The van der Waals surface area contributed by atoms with E-state index in [9.17, 15) is 14.3 Å². The van der Waals surface area contributed by atoms with Crippen molar-refractivity contribution in [2.75, 3.05) is 0 Å². The molecule has 1 aromatic heterocycles. The number of rotatable bonds is 6. The number of aliphatic hydroxyl groups is 1. The summed E-state index contributed by atoms with van der Waals surface area (Å²) in [6.07, 6.45) is -0.185. The van der Waals surface area contributed by atoms with E-state index in [0.717, 1.165) is 12.6 Å². The minimum absolute atomic E-state index is 0.00830. The fraction of sp³-hybridized carbons (Fsp3) is 0.250. The number of aromatic nitrogens is 1. The number of halogens is 1. The highest BCUT2D eigenvalue weighted by molar-refractivity contribution is 6.32. The number of nitrogens with two attached hydrogens (primary N) is 1. The number of H-pyrrole nitrogens is 1. The molecule has 164 valence electrons. The van der Waals surface area contributed by atoms with Crippen molar-refractivity contribution in [1.29, 1.82) is 5.41 Å². The lowest BCUT2D eigenvalue weighted by molar-refractivity contribution is 0.0563. The second-order valence-electron chi connectivity index (χ2n) is 7.23. The topological polar surface area (TPSA) is 161 Å². The molecule has 0 saturated carbocycles. The van der Waals surface area contributed by atoms with Crippen LogP contribution < -0.4 is 11.2 Å². The predicted octanol–water partition coefficient (Wildman–Crippen LogP) is 2.78. The van der Waals surface area contributed by atoms with Crippen molar-refractivity contribution in [3.05, 3.63) is 53.6 Å². The van der Waals surface area contributed by atoms with Gasteiger partial charge in [0.15, 0.2) is 5.84 Å². The molecule has 0 radical (unpaired) electrons. The summed E-state index contributed by atoms with van der Waals surface area (Å²) < 4.78 is 18.9. The first-order valence-electron chi connectivity index (χ1n) is 9.15. The van der Waals surface area contributed by atoms with Gasteiger partial charge in [-0.15, -0.1) is 0 Å². The summed E-state index contributed by atoms with van der Waals surface area (Å²) in [5.74, 6) is 4.83. The Balaban J connectivity index is 2.20. The standard InChI is InChI=1S/C20H24FN7O3/c1-20(2,3)31-19(30)27-18(25-11-22)15-9-8-14(26-15)17(29)16(28-23)10-24-13-7-5-4-6-12(13)21/h4-11,17,26,29H,23H2,1-3H3,(H2,22,25,27,30). The number of nitrogens with zero attached hydrogens (tertiary/aromatic N) is 3. The molecule has 6 N–H and O–H groups in total. The first-order valence-corrected chi connectivity index (χ1v) is 9.15. The molecule has 2 aromatic rings. The molecule has 0 aliphatic rings. The largest absolute Gasteiger partial charge is 0.444 e. The first-order chi connectivity index (χ1) is 14.6. The van der Waals surface area contributed by atoms with Gasteiger partial charge in [0, 0.05) is 0 Å². The minimum Gasteiger partial charge on any atom is -0.444 e. The minimum atomic E-state index is -1.32. The fourth-order valence-corrected chi connectivity index (χ4v) is 2.37. The normalized spacial score (nSPS) is 13.8. The number of nitrogens with one attached hydrogen (secondary N) is 3. The summed E-state index contributed by atoms with van der Waals surface area (Å²) in [5, 5.41) is 23.7. The molecule has 1 unspecified atom stereocenters. The van der Waals surface area contributed by atoms with Crippen molar-refractivity contribution in [1.82, 2.24) is 10.3 Å². The molecule has 1 atom stereocenters. The van der Waals surface area contributed by atoms with E-state index in [4.69, 9.17) is 16.0 Å². The van der Waals surface area contributed by atoms with E-state index in [0.29, 0.717) is 5.69 Å². The van der Waals surface area contributed by atoms with Crippen LogP contribution in [0, 0.1) is 11.2 Å². The molecule has 0 saturated heterocycles. The zero-order chi connectivity index (χ0) is 23.0.